The molecule has 2 aromatic rings. The molecule has 2 amide bonds. The van der Waals surface area contributed by atoms with Gasteiger partial charge < -0.3 is 19.7 Å². The summed E-state index contributed by atoms with van der Waals surface area (Å²) in [5, 5.41) is 3.00. The fourth-order valence-electron chi connectivity index (χ4n) is 3.77. The first-order chi connectivity index (χ1) is 13.3. The zero-order valence-corrected chi connectivity index (χ0v) is 15.5. The van der Waals surface area contributed by atoms with Gasteiger partial charge in [-0.1, -0.05) is 36.4 Å². The van der Waals surface area contributed by atoms with E-state index in [0.29, 0.717) is 12.5 Å². The van der Waals surface area contributed by atoms with Crippen LogP contribution >= 0.6 is 0 Å². The van der Waals surface area contributed by atoms with E-state index in [1.165, 1.54) is 5.56 Å². The van der Waals surface area contributed by atoms with Crippen LogP contribution in [0, 0.1) is 0 Å². The van der Waals surface area contributed by atoms with Crippen LogP contribution < -0.4 is 10.1 Å². The molecular weight excluding hydrogens is 340 g/mol. The number of nitrogens with one attached hydrogen (secondary N) is 1. The Morgan fingerprint density at radius 3 is 2.85 bits per heavy atom. The van der Waals surface area contributed by atoms with Crippen LogP contribution in [0.3, 0.4) is 0 Å². The van der Waals surface area contributed by atoms with Crippen LogP contribution in [0.15, 0.2) is 54.6 Å². The summed E-state index contributed by atoms with van der Waals surface area (Å²) in [6.07, 6.45) is 3.34. The predicted octanol–water partition coefficient (Wildman–Crippen LogP) is 4.27. The average Bonchev–Trinajstić information content (AvgIpc) is 3.39. The molecule has 2 saturated heterocycles. The van der Waals surface area contributed by atoms with Crippen LogP contribution in [0.2, 0.25) is 0 Å². The average molecular weight is 366 g/mol. The summed E-state index contributed by atoms with van der Waals surface area (Å²) in [6.45, 7) is 2.91. The molecule has 0 bridgehead atoms. The lowest BCUT2D eigenvalue weighted by molar-refractivity contribution is 0.0680. The van der Waals surface area contributed by atoms with Crippen LogP contribution in [0.25, 0.3) is 0 Å². The summed E-state index contributed by atoms with van der Waals surface area (Å²) in [6, 6.07) is 17.9. The number of hydrogen-bond donors (Lipinski definition) is 1. The number of amides is 2. The first-order valence-corrected chi connectivity index (χ1v) is 9.73. The Morgan fingerprint density at radius 1 is 1.15 bits per heavy atom. The van der Waals surface area contributed by atoms with Crippen molar-refractivity contribution in [3.05, 3.63) is 60.2 Å². The number of benzene rings is 2. The van der Waals surface area contributed by atoms with Crippen LogP contribution in [-0.4, -0.2) is 43.3 Å². The van der Waals surface area contributed by atoms with Gasteiger partial charge in [0.1, 0.15) is 12.4 Å². The lowest BCUT2D eigenvalue weighted by atomic mass is 9.99. The van der Waals surface area contributed by atoms with Gasteiger partial charge in [-0.2, -0.15) is 0 Å². The van der Waals surface area contributed by atoms with Gasteiger partial charge in [-0.15, -0.1) is 0 Å². The Balaban J connectivity index is 1.31. The van der Waals surface area contributed by atoms with E-state index >= 15 is 0 Å². The first-order valence-electron chi connectivity index (χ1n) is 9.73. The standard InChI is InChI=1S/C22H26N2O3/c25-22(24-12-11-18(15-24)17-6-2-1-3-7-17)23-19-8-4-9-20(14-19)27-16-21-10-5-13-26-21/h1-4,6-9,14,18,21H,5,10-13,15-16H2,(H,23,25). The largest absolute Gasteiger partial charge is 0.491 e. The molecule has 0 spiro atoms. The van der Waals surface area contributed by atoms with Gasteiger partial charge in [-0.05, 0) is 37.0 Å². The van der Waals surface area contributed by atoms with Crippen molar-refractivity contribution in [3.63, 3.8) is 0 Å². The van der Waals surface area contributed by atoms with Crippen molar-refractivity contribution in [2.75, 3.05) is 31.6 Å². The molecule has 2 aromatic carbocycles. The number of hydrogen-bond acceptors (Lipinski definition) is 3. The molecule has 2 aliphatic rings. The smallest absolute Gasteiger partial charge is 0.321 e. The minimum Gasteiger partial charge on any atom is -0.491 e. The van der Waals surface area contributed by atoms with Gasteiger partial charge in [0, 0.05) is 37.4 Å². The minimum absolute atomic E-state index is 0.0512. The lowest BCUT2D eigenvalue weighted by Crippen LogP contribution is -2.32. The van der Waals surface area contributed by atoms with Gasteiger partial charge in [0.05, 0.1) is 6.10 Å². The van der Waals surface area contributed by atoms with Crippen molar-refractivity contribution in [2.45, 2.75) is 31.3 Å². The molecule has 2 heterocycles. The molecule has 2 fully saturated rings. The number of carbonyl (C=O) groups excluding carboxylic acids is 1. The van der Waals surface area contributed by atoms with Gasteiger partial charge in [0.15, 0.2) is 0 Å². The highest BCUT2D eigenvalue weighted by atomic mass is 16.5. The molecule has 0 radical (unpaired) electrons. The van der Waals surface area contributed by atoms with E-state index in [0.717, 1.165) is 50.4 Å². The molecule has 27 heavy (non-hydrogen) atoms. The number of likely N-dealkylation sites (tertiary alicyclic amines) is 1. The van der Waals surface area contributed by atoms with E-state index in [-0.39, 0.29) is 12.1 Å². The normalized spacial score (nSPS) is 22.0. The predicted molar refractivity (Wildman–Crippen MR) is 105 cm³/mol. The molecule has 2 atom stereocenters. The van der Waals surface area contributed by atoms with Gasteiger partial charge in [-0.25, -0.2) is 4.79 Å². The number of ether oxygens (including phenoxy) is 2. The SMILES string of the molecule is O=C(Nc1cccc(OCC2CCCO2)c1)N1CCC(c2ccccc2)C1. The molecule has 5 heteroatoms. The van der Waals surface area contributed by atoms with Crippen molar-refractivity contribution in [1.82, 2.24) is 4.90 Å². The van der Waals surface area contributed by atoms with E-state index in [1.807, 2.05) is 35.2 Å². The summed E-state index contributed by atoms with van der Waals surface area (Å²) >= 11 is 0. The second-order valence-corrected chi connectivity index (χ2v) is 7.25. The van der Waals surface area contributed by atoms with E-state index < -0.39 is 0 Å². The van der Waals surface area contributed by atoms with Crippen molar-refractivity contribution in [2.24, 2.45) is 0 Å². The van der Waals surface area contributed by atoms with Crippen LogP contribution in [-0.2, 0) is 4.74 Å². The molecule has 0 aromatic heterocycles. The molecule has 2 aliphatic heterocycles. The number of anilines is 1. The highest BCUT2D eigenvalue weighted by molar-refractivity contribution is 5.89. The summed E-state index contributed by atoms with van der Waals surface area (Å²) in [5.41, 5.74) is 2.06. The topological polar surface area (TPSA) is 50.8 Å². The Labute approximate surface area is 160 Å². The van der Waals surface area contributed by atoms with E-state index in [2.05, 4.69) is 29.6 Å². The van der Waals surface area contributed by atoms with Crippen LogP contribution in [0.5, 0.6) is 5.75 Å². The Morgan fingerprint density at radius 2 is 2.04 bits per heavy atom. The Kier molecular flexibility index (Phi) is 5.58. The molecule has 0 saturated carbocycles. The van der Waals surface area contributed by atoms with Crippen LogP contribution in [0.4, 0.5) is 10.5 Å². The van der Waals surface area contributed by atoms with Gasteiger partial charge in [-0.3, -0.25) is 0 Å². The summed E-state index contributed by atoms with van der Waals surface area (Å²) in [7, 11) is 0. The van der Waals surface area contributed by atoms with E-state index in [1.54, 1.807) is 0 Å². The molecule has 2 unspecified atom stereocenters. The maximum atomic E-state index is 12.6. The van der Waals surface area contributed by atoms with E-state index in [9.17, 15) is 4.79 Å². The van der Waals surface area contributed by atoms with Gasteiger partial charge in [0.25, 0.3) is 0 Å². The first kappa shape index (κ1) is 17.9. The highest BCUT2D eigenvalue weighted by Gasteiger charge is 2.27. The van der Waals surface area contributed by atoms with Crippen molar-refractivity contribution < 1.29 is 14.3 Å². The molecular formula is C22H26N2O3. The zero-order valence-electron chi connectivity index (χ0n) is 15.5. The zero-order chi connectivity index (χ0) is 18.5. The third kappa shape index (κ3) is 4.61. The summed E-state index contributed by atoms with van der Waals surface area (Å²) < 4.78 is 11.4. The van der Waals surface area contributed by atoms with Crippen molar-refractivity contribution in [1.29, 1.82) is 0 Å². The van der Waals surface area contributed by atoms with Crippen molar-refractivity contribution >= 4 is 11.7 Å². The summed E-state index contributed by atoms with van der Waals surface area (Å²) in [4.78, 5) is 14.5. The highest BCUT2D eigenvalue weighted by Crippen LogP contribution is 2.27. The molecule has 1 N–H and O–H groups in total. The molecule has 4 rings (SSSR count). The van der Waals surface area contributed by atoms with E-state index in [4.69, 9.17) is 9.47 Å². The molecule has 0 aliphatic carbocycles. The second-order valence-electron chi connectivity index (χ2n) is 7.25. The minimum atomic E-state index is -0.0512. The molecule has 142 valence electrons. The van der Waals surface area contributed by atoms with Gasteiger partial charge in [0.2, 0.25) is 0 Å². The Bertz CT molecular complexity index is 759. The fraction of sp³-hybridized carbons (Fsp3) is 0.409. The van der Waals surface area contributed by atoms with Gasteiger partial charge >= 0.3 is 6.03 Å². The fourth-order valence-corrected chi connectivity index (χ4v) is 3.77. The maximum absolute atomic E-state index is 12.6. The second kappa shape index (κ2) is 8.44. The Hall–Kier alpha value is -2.53. The maximum Gasteiger partial charge on any atom is 0.321 e. The quantitative estimate of drug-likeness (QED) is 0.860. The molecule has 5 nitrogen and oxygen atoms in total. The third-order valence-electron chi connectivity index (χ3n) is 5.29. The number of carbonyl (C=O) groups is 1. The van der Waals surface area contributed by atoms with Crippen molar-refractivity contribution in [3.8, 4) is 5.75 Å². The monoisotopic (exact) mass is 366 g/mol. The number of rotatable bonds is 5. The van der Waals surface area contributed by atoms with Crippen LogP contribution in [0.1, 0.15) is 30.7 Å². The summed E-state index contributed by atoms with van der Waals surface area (Å²) in [5.74, 6) is 1.17. The number of urea groups is 1. The third-order valence-corrected chi connectivity index (χ3v) is 5.29. The lowest BCUT2D eigenvalue weighted by Gasteiger charge is -2.18. The number of nitrogens with zero attached hydrogens (tertiary/aromatic N) is 1.